The molecule has 0 fully saturated rings. The van der Waals surface area contributed by atoms with Gasteiger partial charge in [-0.15, -0.1) is 0 Å². The molecule has 3 aromatic rings. The van der Waals surface area contributed by atoms with Crippen molar-refractivity contribution < 1.29 is 33.7 Å². The second-order valence-corrected chi connectivity index (χ2v) is 9.46. The molecule has 2 heterocycles. The molecule has 19 heteroatoms. The normalized spacial score (nSPS) is 11.4. The first-order valence-corrected chi connectivity index (χ1v) is 14.2. The molecule has 1 atom stereocenters. The van der Waals surface area contributed by atoms with E-state index in [-0.39, 0.29) is 67.7 Å². The third kappa shape index (κ3) is 12.3. The van der Waals surface area contributed by atoms with E-state index in [0.717, 1.165) is 0 Å². The lowest BCUT2D eigenvalue weighted by atomic mass is 10.1. The first-order valence-electron chi connectivity index (χ1n) is 14.2. The lowest BCUT2D eigenvalue weighted by Crippen LogP contribution is -2.41. The van der Waals surface area contributed by atoms with Crippen LogP contribution >= 0.6 is 0 Å². The molecule has 0 spiro atoms. The molecule has 3 rings (SSSR count). The Balaban J connectivity index is 1.32. The average molecular weight is 642 g/mol. The number of H-pyrrole nitrogens is 1. The highest BCUT2D eigenvalue weighted by Crippen LogP contribution is 2.12. The number of fused-ring (bicyclic) bond motifs is 1. The number of amides is 2. The Bertz CT molecular complexity index is 1560. The number of aliphatic carboxylic acids is 1. The van der Waals surface area contributed by atoms with Crippen LogP contribution < -0.4 is 27.2 Å². The molecule has 19 nitrogen and oxygen atoms in total. The lowest BCUT2D eigenvalue weighted by Gasteiger charge is -2.15. The van der Waals surface area contributed by atoms with Crippen LogP contribution in [0.1, 0.15) is 28.9 Å². The predicted molar refractivity (Wildman–Crippen MR) is 164 cm³/mol. The van der Waals surface area contributed by atoms with Crippen molar-refractivity contribution in [2.45, 2.75) is 25.4 Å². The van der Waals surface area contributed by atoms with Gasteiger partial charge in [0.05, 0.1) is 58.1 Å². The summed E-state index contributed by atoms with van der Waals surface area (Å²) in [6.07, 6.45) is 1.24. The van der Waals surface area contributed by atoms with Gasteiger partial charge in [-0.2, -0.15) is 4.98 Å². The number of carboxylic acids is 1. The number of hydrogen-bond acceptors (Lipinski definition) is 13. The highest BCUT2D eigenvalue weighted by atomic mass is 16.5. The van der Waals surface area contributed by atoms with Crippen LogP contribution in [0.3, 0.4) is 0 Å². The van der Waals surface area contributed by atoms with Gasteiger partial charge in [0.1, 0.15) is 6.04 Å². The van der Waals surface area contributed by atoms with Gasteiger partial charge in [-0.05, 0) is 36.2 Å². The van der Waals surface area contributed by atoms with Crippen LogP contribution in [0.4, 0.5) is 11.6 Å². The van der Waals surface area contributed by atoms with Crippen LogP contribution in [-0.2, 0) is 30.3 Å². The number of aromatic amines is 1. The van der Waals surface area contributed by atoms with Crippen LogP contribution in [0.2, 0.25) is 0 Å². The number of anilines is 2. The van der Waals surface area contributed by atoms with Gasteiger partial charge in [-0.3, -0.25) is 19.4 Å². The molecule has 0 saturated heterocycles. The monoisotopic (exact) mass is 641 g/mol. The van der Waals surface area contributed by atoms with Crippen LogP contribution in [0.5, 0.6) is 0 Å². The molecule has 1 aromatic carbocycles. The number of ether oxygens (including phenoxy) is 3. The van der Waals surface area contributed by atoms with E-state index in [1.165, 1.54) is 18.3 Å². The minimum atomic E-state index is -1.27. The number of benzene rings is 1. The standard InChI is InChI=1S/C27H35N11O8/c28-27-36-23-22(25(41)37-27)34-19(16-32-23)15-31-18-3-1-17(2-4-18)24(40)35-20(26(42)43)5-6-21(39)30-7-9-44-11-13-46-14-12-45-10-8-33-38-29/h1-4,16,20,31H,5-15H2,(H,30,39)(H,35,40)(H,42,43)(H3,28,32,36,37,41)/t20-/m1/s1. The summed E-state index contributed by atoms with van der Waals surface area (Å²) in [5, 5.41) is 21.1. The number of rotatable bonds is 21. The molecule has 0 radical (unpaired) electrons. The number of nitrogens with zero attached hydrogens (tertiary/aromatic N) is 6. The summed E-state index contributed by atoms with van der Waals surface area (Å²) in [5.74, 6) is -2.31. The summed E-state index contributed by atoms with van der Waals surface area (Å²) in [4.78, 5) is 65.8. The first-order chi connectivity index (χ1) is 22.3. The fraction of sp³-hybridized carbons (Fsp3) is 0.444. The Morgan fingerprint density at radius 3 is 2.43 bits per heavy atom. The van der Waals surface area contributed by atoms with E-state index in [1.807, 2.05) is 0 Å². The molecule has 0 aliphatic heterocycles. The maximum absolute atomic E-state index is 12.7. The van der Waals surface area contributed by atoms with E-state index in [9.17, 15) is 24.3 Å². The third-order valence-electron chi connectivity index (χ3n) is 6.08. The molecule has 0 unspecified atom stereocenters. The van der Waals surface area contributed by atoms with Gasteiger partial charge in [0.25, 0.3) is 11.5 Å². The minimum absolute atomic E-state index is 0.0536. The van der Waals surface area contributed by atoms with Crippen molar-refractivity contribution in [1.29, 1.82) is 0 Å². The maximum atomic E-state index is 12.7. The molecule has 0 aliphatic carbocycles. The number of carboxylic acid groups (broad SMARTS) is 1. The Morgan fingerprint density at radius 2 is 1.74 bits per heavy atom. The Labute approximate surface area is 261 Å². The van der Waals surface area contributed by atoms with Gasteiger partial charge in [0.15, 0.2) is 11.2 Å². The molecule has 7 N–H and O–H groups in total. The highest BCUT2D eigenvalue weighted by molar-refractivity contribution is 5.97. The molecule has 246 valence electrons. The highest BCUT2D eigenvalue weighted by Gasteiger charge is 2.21. The fourth-order valence-electron chi connectivity index (χ4n) is 3.81. The number of azide groups is 1. The average Bonchev–Trinajstić information content (AvgIpc) is 3.04. The second-order valence-electron chi connectivity index (χ2n) is 9.46. The van der Waals surface area contributed by atoms with Gasteiger partial charge in [-0.1, -0.05) is 5.11 Å². The van der Waals surface area contributed by atoms with E-state index in [1.54, 1.807) is 12.1 Å². The summed E-state index contributed by atoms with van der Waals surface area (Å²) in [5.41, 5.74) is 14.7. The quantitative estimate of drug-likeness (QED) is 0.0397. The van der Waals surface area contributed by atoms with Crippen molar-refractivity contribution in [2.75, 3.05) is 63.8 Å². The molecular weight excluding hydrogens is 606 g/mol. The zero-order chi connectivity index (χ0) is 33.1. The molecule has 2 amide bonds. The Kier molecular flexibility index (Phi) is 14.6. The zero-order valence-electron chi connectivity index (χ0n) is 24.8. The van der Waals surface area contributed by atoms with Crippen molar-refractivity contribution in [3.63, 3.8) is 0 Å². The topological polar surface area (TPSA) is 282 Å². The zero-order valence-corrected chi connectivity index (χ0v) is 24.8. The maximum Gasteiger partial charge on any atom is 0.326 e. The van der Waals surface area contributed by atoms with Gasteiger partial charge < -0.3 is 41.0 Å². The fourth-order valence-corrected chi connectivity index (χ4v) is 3.81. The SMILES string of the molecule is [N-]=[N+]=NCCOCCOCCOCCNC(=O)CC[C@@H](NC(=O)c1ccc(NCc2cnc3nc(N)[nH]c(=O)c3n2)cc1)C(=O)O. The molecule has 46 heavy (non-hydrogen) atoms. The van der Waals surface area contributed by atoms with Crippen molar-refractivity contribution >= 4 is 40.6 Å². The summed E-state index contributed by atoms with van der Waals surface area (Å²) in [6.45, 7) is 2.66. The van der Waals surface area contributed by atoms with E-state index >= 15 is 0 Å². The minimum Gasteiger partial charge on any atom is -0.480 e. The van der Waals surface area contributed by atoms with E-state index in [4.69, 9.17) is 25.5 Å². The summed E-state index contributed by atoms with van der Waals surface area (Å²) in [7, 11) is 0. The number of nitrogen functional groups attached to an aromatic ring is 1. The molecule has 2 aromatic heterocycles. The number of carbonyl (C=O) groups is 3. The molecule has 0 aliphatic rings. The Hall–Kier alpha value is -5.36. The van der Waals surface area contributed by atoms with Crippen molar-refractivity contribution in [2.24, 2.45) is 5.11 Å². The van der Waals surface area contributed by atoms with E-state index in [2.05, 4.69) is 45.9 Å². The number of nitrogens with one attached hydrogen (secondary N) is 4. The summed E-state index contributed by atoms with van der Waals surface area (Å²) < 4.78 is 15.9. The van der Waals surface area contributed by atoms with Crippen LogP contribution in [0, 0.1) is 0 Å². The number of hydrogen-bond donors (Lipinski definition) is 6. The number of nitrogens with two attached hydrogens (primary N) is 1. The Morgan fingerprint density at radius 1 is 1.04 bits per heavy atom. The van der Waals surface area contributed by atoms with Crippen LogP contribution in [0.15, 0.2) is 40.4 Å². The van der Waals surface area contributed by atoms with Gasteiger partial charge in [0.2, 0.25) is 11.9 Å². The molecule has 0 bridgehead atoms. The lowest BCUT2D eigenvalue weighted by molar-refractivity contribution is -0.139. The summed E-state index contributed by atoms with van der Waals surface area (Å²) in [6, 6.07) is 5.01. The van der Waals surface area contributed by atoms with E-state index in [0.29, 0.717) is 44.4 Å². The van der Waals surface area contributed by atoms with E-state index < -0.39 is 23.5 Å². The van der Waals surface area contributed by atoms with Crippen molar-refractivity contribution in [3.05, 3.63) is 62.5 Å². The van der Waals surface area contributed by atoms with Crippen molar-refractivity contribution in [3.8, 4) is 0 Å². The second kappa shape index (κ2) is 19.1. The molecule has 0 saturated carbocycles. The molecular formula is C27H35N11O8. The first kappa shape index (κ1) is 35.1. The van der Waals surface area contributed by atoms with Gasteiger partial charge in [0, 0.05) is 35.7 Å². The number of aromatic nitrogens is 4. The van der Waals surface area contributed by atoms with Crippen LogP contribution in [0.25, 0.3) is 21.6 Å². The largest absolute Gasteiger partial charge is 0.480 e. The van der Waals surface area contributed by atoms with Crippen LogP contribution in [-0.4, -0.2) is 102 Å². The van der Waals surface area contributed by atoms with Gasteiger partial charge >= 0.3 is 5.97 Å². The number of carbonyl (C=O) groups excluding carboxylic acids is 2. The predicted octanol–water partition coefficient (Wildman–Crippen LogP) is 0.347. The smallest absolute Gasteiger partial charge is 0.326 e. The summed E-state index contributed by atoms with van der Waals surface area (Å²) >= 11 is 0. The van der Waals surface area contributed by atoms with Gasteiger partial charge in [-0.25, -0.2) is 14.8 Å². The van der Waals surface area contributed by atoms with Crippen molar-refractivity contribution in [1.82, 2.24) is 30.6 Å². The third-order valence-corrected chi connectivity index (χ3v) is 6.08.